The van der Waals surface area contributed by atoms with Gasteiger partial charge in [-0.05, 0) is 47.0 Å². The molecule has 1 N–H and O–H groups in total. The second-order valence-corrected chi connectivity index (χ2v) is 5.53. The molecule has 1 amide bonds. The number of hydrogen-bond acceptors (Lipinski definition) is 3. The van der Waals surface area contributed by atoms with E-state index >= 15 is 0 Å². The molecule has 5 heteroatoms. The number of aliphatic hydroxyl groups is 1. The van der Waals surface area contributed by atoms with Gasteiger partial charge in [0.2, 0.25) is 0 Å². The Morgan fingerprint density at radius 1 is 1.47 bits per heavy atom. The lowest BCUT2D eigenvalue weighted by Gasteiger charge is -2.21. The van der Waals surface area contributed by atoms with Gasteiger partial charge in [0.15, 0.2) is 0 Å². The monoisotopic (exact) mass is 329 g/mol. The van der Waals surface area contributed by atoms with Gasteiger partial charge in [-0.2, -0.15) is 0 Å². The summed E-state index contributed by atoms with van der Waals surface area (Å²) in [6.45, 7) is 4.36. The molecular formula is C14H20BrNO3. The van der Waals surface area contributed by atoms with E-state index in [2.05, 4.69) is 15.9 Å². The minimum absolute atomic E-state index is 0.117. The SMILES string of the molecule is COC[C@@H](O)CN(C)C(=O)c1cc(C)cc(C)c1Br. The van der Waals surface area contributed by atoms with Crippen molar-refractivity contribution in [1.29, 1.82) is 0 Å². The average molecular weight is 330 g/mol. The molecule has 0 spiro atoms. The topological polar surface area (TPSA) is 49.8 Å². The molecular weight excluding hydrogens is 310 g/mol. The third-order valence-corrected chi connectivity index (χ3v) is 3.87. The molecule has 0 radical (unpaired) electrons. The van der Waals surface area contributed by atoms with Crippen molar-refractivity contribution in [3.63, 3.8) is 0 Å². The van der Waals surface area contributed by atoms with Crippen LogP contribution in [0.25, 0.3) is 0 Å². The van der Waals surface area contributed by atoms with E-state index in [9.17, 15) is 9.90 Å². The average Bonchev–Trinajstić information content (AvgIpc) is 2.33. The maximum absolute atomic E-state index is 12.4. The first kappa shape index (κ1) is 16.1. The highest BCUT2D eigenvalue weighted by atomic mass is 79.9. The van der Waals surface area contributed by atoms with Crippen LogP contribution >= 0.6 is 15.9 Å². The van der Waals surface area contributed by atoms with Gasteiger partial charge in [-0.25, -0.2) is 0 Å². The van der Waals surface area contributed by atoms with E-state index in [4.69, 9.17) is 4.74 Å². The minimum atomic E-state index is -0.677. The third-order valence-electron chi connectivity index (χ3n) is 2.82. The smallest absolute Gasteiger partial charge is 0.254 e. The molecule has 1 aromatic carbocycles. The molecule has 1 aromatic rings. The quantitative estimate of drug-likeness (QED) is 0.900. The van der Waals surface area contributed by atoms with Crippen molar-refractivity contribution in [2.75, 3.05) is 27.3 Å². The van der Waals surface area contributed by atoms with Gasteiger partial charge in [0.1, 0.15) is 0 Å². The molecule has 0 aliphatic heterocycles. The number of amides is 1. The zero-order valence-electron chi connectivity index (χ0n) is 11.7. The highest BCUT2D eigenvalue weighted by Gasteiger charge is 2.18. The van der Waals surface area contributed by atoms with Gasteiger partial charge in [0.25, 0.3) is 5.91 Å². The number of methoxy groups -OCH3 is 1. The molecule has 106 valence electrons. The Hall–Kier alpha value is -0.910. The van der Waals surface area contributed by atoms with Gasteiger partial charge in [-0.3, -0.25) is 4.79 Å². The molecule has 0 saturated heterocycles. The van der Waals surface area contributed by atoms with E-state index in [0.717, 1.165) is 15.6 Å². The van der Waals surface area contributed by atoms with Crippen LogP contribution < -0.4 is 0 Å². The van der Waals surface area contributed by atoms with Gasteiger partial charge in [-0.15, -0.1) is 0 Å². The number of carbonyl (C=O) groups excluding carboxylic acids is 1. The molecule has 1 rings (SSSR count). The van der Waals surface area contributed by atoms with Crippen LogP contribution in [0.3, 0.4) is 0 Å². The lowest BCUT2D eigenvalue weighted by Crippen LogP contribution is -2.36. The summed E-state index contributed by atoms with van der Waals surface area (Å²) < 4.78 is 5.66. The number of likely N-dealkylation sites (N-methyl/N-ethyl adjacent to an activating group) is 1. The molecule has 0 aliphatic carbocycles. The van der Waals surface area contributed by atoms with Crippen molar-refractivity contribution >= 4 is 21.8 Å². The summed E-state index contributed by atoms with van der Waals surface area (Å²) in [5.41, 5.74) is 2.67. The summed E-state index contributed by atoms with van der Waals surface area (Å²) in [7, 11) is 3.19. The fourth-order valence-corrected chi connectivity index (χ4v) is 2.35. The first-order valence-corrected chi connectivity index (χ1v) is 6.85. The van der Waals surface area contributed by atoms with Gasteiger partial charge in [-0.1, -0.05) is 6.07 Å². The van der Waals surface area contributed by atoms with Crippen LogP contribution in [0.1, 0.15) is 21.5 Å². The molecule has 0 fully saturated rings. The number of benzene rings is 1. The standard InChI is InChI=1S/C14H20BrNO3/c1-9-5-10(2)13(15)12(6-9)14(18)16(3)7-11(17)8-19-4/h5-6,11,17H,7-8H2,1-4H3/t11-/m0/s1. The van der Waals surface area contributed by atoms with Crippen molar-refractivity contribution in [2.45, 2.75) is 20.0 Å². The Morgan fingerprint density at radius 3 is 2.68 bits per heavy atom. The second-order valence-electron chi connectivity index (χ2n) is 4.74. The predicted octanol–water partition coefficient (Wildman–Crippen LogP) is 2.15. The highest BCUT2D eigenvalue weighted by molar-refractivity contribution is 9.10. The van der Waals surface area contributed by atoms with Crippen molar-refractivity contribution in [3.05, 3.63) is 33.3 Å². The van der Waals surface area contributed by atoms with E-state index in [1.54, 1.807) is 7.05 Å². The normalized spacial score (nSPS) is 12.3. The van der Waals surface area contributed by atoms with Crippen molar-refractivity contribution < 1.29 is 14.6 Å². The first-order chi connectivity index (χ1) is 8.86. The third kappa shape index (κ3) is 4.30. The zero-order valence-corrected chi connectivity index (χ0v) is 13.3. The molecule has 4 nitrogen and oxygen atoms in total. The fourth-order valence-electron chi connectivity index (χ4n) is 1.96. The van der Waals surface area contributed by atoms with Crippen LogP contribution in [0.15, 0.2) is 16.6 Å². The Morgan fingerprint density at radius 2 is 2.11 bits per heavy atom. The minimum Gasteiger partial charge on any atom is -0.389 e. The van der Waals surface area contributed by atoms with Gasteiger partial charge in [0.05, 0.1) is 18.3 Å². The number of aliphatic hydroxyl groups excluding tert-OH is 1. The van der Waals surface area contributed by atoms with E-state index in [1.165, 1.54) is 12.0 Å². The number of aryl methyl sites for hydroxylation is 2. The number of hydrogen-bond donors (Lipinski definition) is 1. The number of rotatable bonds is 5. The van der Waals surface area contributed by atoms with E-state index in [1.807, 2.05) is 26.0 Å². The van der Waals surface area contributed by atoms with Crippen LogP contribution in [-0.4, -0.2) is 49.3 Å². The number of halogens is 1. The van der Waals surface area contributed by atoms with E-state index in [-0.39, 0.29) is 19.1 Å². The second kappa shape index (κ2) is 7.03. The Kier molecular flexibility index (Phi) is 5.97. The molecule has 19 heavy (non-hydrogen) atoms. The maximum atomic E-state index is 12.4. The van der Waals surface area contributed by atoms with Crippen LogP contribution in [0.5, 0.6) is 0 Å². The lowest BCUT2D eigenvalue weighted by atomic mass is 10.1. The van der Waals surface area contributed by atoms with Gasteiger partial charge < -0.3 is 14.7 Å². The fraction of sp³-hybridized carbons (Fsp3) is 0.500. The summed E-state index contributed by atoms with van der Waals surface area (Å²) in [6.07, 6.45) is -0.677. The molecule has 1 atom stereocenters. The van der Waals surface area contributed by atoms with E-state index in [0.29, 0.717) is 5.56 Å². The predicted molar refractivity (Wildman–Crippen MR) is 78.5 cm³/mol. The molecule has 0 heterocycles. The number of nitrogens with zero attached hydrogens (tertiary/aromatic N) is 1. The number of ether oxygens (including phenoxy) is 1. The van der Waals surface area contributed by atoms with Crippen LogP contribution in [-0.2, 0) is 4.74 Å². The van der Waals surface area contributed by atoms with E-state index < -0.39 is 6.10 Å². The molecule has 0 aromatic heterocycles. The molecule has 0 saturated carbocycles. The van der Waals surface area contributed by atoms with Crippen LogP contribution in [0.4, 0.5) is 0 Å². The van der Waals surface area contributed by atoms with Crippen molar-refractivity contribution in [3.8, 4) is 0 Å². The summed E-state index contributed by atoms with van der Waals surface area (Å²) >= 11 is 3.45. The maximum Gasteiger partial charge on any atom is 0.254 e. The summed E-state index contributed by atoms with van der Waals surface area (Å²) in [5, 5.41) is 9.66. The van der Waals surface area contributed by atoms with Crippen LogP contribution in [0, 0.1) is 13.8 Å². The zero-order chi connectivity index (χ0) is 14.6. The first-order valence-electron chi connectivity index (χ1n) is 6.06. The van der Waals surface area contributed by atoms with Crippen molar-refractivity contribution in [2.24, 2.45) is 0 Å². The molecule has 0 unspecified atom stereocenters. The van der Waals surface area contributed by atoms with Gasteiger partial charge in [0, 0.05) is 25.2 Å². The van der Waals surface area contributed by atoms with Crippen LogP contribution in [0.2, 0.25) is 0 Å². The largest absolute Gasteiger partial charge is 0.389 e. The Balaban J connectivity index is 2.88. The lowest BCUT2D eigenvalue weighted by molar-refractivity contribution is 0.0380. The van der Waals surface area contributed by atoms with Gasteiger partial charge >= 0.3 is 0 Å². The summed E-state index contributed by atoms with van der Waals surface area (Å²) in [4.78, 5) is 13.9. The summed E-state index contributed by atoms with van der Waals surface area (Å²) in [6, 6.07) is 3.86. The Bertz CT molecular complexity index is 462. The molecule has 0 aliphatic rings. The number of carbonyl (C=O) groups is 1. The van der Waals surface area contributed by atoms with Crippen molar-refractivity contribution in [1.82, 2.24) is 4.90 Å². The summed E-state index contributed by atoms with van der Waals surface area (Å²) in [5.74, 6) is -0.117. The Labute approximate surface area is 122 Å². The highest BCUT2D eigenvalue weighted by Crippen LogP contribution is 2.24. The molecule has 0 bridgehead atoms.